The van der Waals surface area contributed by atoms with E-state index in [0.29, 0.717) is 26.1 Å². The van der Waals surface area contributed by atoms with Crippen LogP contribution in [0.2, 0.25) is 0 Å². The number of carboxylic acids is 1. The van der Waals surface area contributed by atoms with Gasteiger partial charge >= 0.3 is 5.97 Å². The summed E-state index contributed by atoms with van der Waals surface area (Å²) in [5, 5.41) is 34.8. The number of thioether (sulfide) groups is 3. The minimum absolute atomic E-state index is 0.0418. The Morgan fingerprint density at radius 3 is 2.85 bits per heavy atom. The summed E-state index contributed by atoms with van der Waals surface area (Å²) in [4.78, 5) is 48.0. The fraction of sp³-hybridized carbons (Fsp3) is 0.300. The van der Waals surface area contributed by atoms with Gasteiger partial charge in [-0.2, -0.15) is 9.64 Å². The molecule has 2 aliphatic rings. The van der Waals surface area contributed by atoms with Crippen LogP contribution in [-0.4, -0.2) is 84.5 Å². The topological polar surface area (TPSA) is 234 Å². The molecular formula is C20H19N9O5S5. The summed E-state index contributed by atoms with van der Waals surface area (Å²) in [5.41, 5.74) is 11.7. The number of hydrogen-bond acceptors (Lipinski definition) is 15. The fourth-order valence-corrected chi connectivity index (χ4v) is 8.43. The Balaban J connectivity index is 1.48. The van der Waals surface area contributed by atoms with Crippen molar-refractivity contribution < 1.29 is 24.3 Å². The predicted octanol–water partition coefficient (Wildman–Crippen LogP) is 0.963. The maximum Gasteiger partial charge on any atom is 0.352 e. The van der Waals surface area contributed by atoms with Gasteiger partial charge in [0, 0.05) is 16.9 Å². The molecule has 0 unspecified atom stereocenters. The summed E-state index contributed by atoms with van der Waals surface area (Å²) < 4.78 is 4.85. The van der Waals surface area contributed by atoms with Crippen LogP contribution in [0.5, 0.6) is 0 Å². The number of carbonyl (C=O) groups excluding carboxylic acids is 2. The van der Waals surface area contributed by atoms with Gasteiger partial charge in [-0.15, -0.1) is 34.9 Å². The summed E-state index contributed by atoms with van der Waals surface area (Å²) in [7, 11) is 1.26. The van der Waals surface area contributed by atoms with Gasteiger partial charge in [0.2, 0.25) is 0 Å². The van der Waals surface area contributed by atoms with E-state index in [1.54, 1.807) is 0 Å². The molecular weight excluding hydrogens is 607 g/mol. The lowest BCUT2D eigenvalue weighted by molar-refractivity contribution is -0.150. The van der Waals surface area contributed by atoms with Crippen LogP contribution in [0.3, 0.4) is 0 Å². The van der Waals surface area contributed by atoms with E-state index in [4.69, 9.17) is 21.7 Å². The molecule has 19 heteroatoms. The standard InChI is InChI=1S/C20H19N9O5S5/c1-34-27-11(9-5-38-20(24)25-9)14(30)26-12-16(31)29-13(18(32)33)7(3-36-17(12)29)4-37-19-8(2-21)15(28-39-19)35-6-10(22)23/h5,12,17H,3-4,6H2,1H3,(H3,22,23)(H2,24,25)(H,26,30)(H,32,33)/t12-,17+/m1/s1. The minimum Gasteiger partial charge on any atom is -0.477 e. The van der Waals surface area contributed by atoms with Crippen molar-refractivity contribution in [2.45, 2.75) is 20.7 Å². The number of oxime groups is 1. The van der Waals surface area contributed by atoms with Crippen molar-refractivity contribution in [1.82, 2.24) is 19.6 Å². The highest BCUT2D eigenvalue weighted by atomic mass is 32.2. The number of thiazole rings is 1. The Bertz CT molecular complexity index is 1450. The van der Waals surface area contributed by atoms with Crippen LogP contribution < -0.4 is 16.8 Å². The zero-order valence-electron chi connectivity index (χ0n) is 19.9. The number of amidine groups is 1. The van der Waals surface area contributed by atoms with E-state index in [0.717, 1.165) is 27.8 Å². The van der Waals surface area contributed by atoms with Crippen molar-refractivity contribution in [3.8, 4) is 6.07 Å². The number of β-lactam (4-membered cyclic amide) rings is 1. The summed E-state index contributed by atoms with van der Waals surface area (Å²) >= 11 is 5.95. The Hall–Kier alpha value is -3.31. The van der Waals surface area contributed by atoms with E-state index in [2.05, 4.69) is 25.9 Å². The van der Waals surface area contributed by atoms with Crippen molar-refractivity contribution >= 4 is 92.6 Å². The van der Waals surface area contributed by atoms with Crippen LogP contribution in [0.4, 0.5) is 5.13 Å². The number of carbonyl (C=O) groups is 3. The number of nitrogens with two attached hydrogens (primary N) is 2. The van der Waals surface area contributed by atoms with Crippen LogP contribution in [0, 0.1) is 16.7 Å². The molecule has 2 aromatic heterocycles. The summed E-state index contributed by atoms with van der Waals surface area (Å²) in [6.07, 6.45) is 0. The second kappa shape index (κ2) is 12.3. The molecule has 0 saturated carbocycles. The fourth-order valence-electron chi connectivity index (χ4n) is 3.55. The lowest BCUT2D eigenvalue weighted by Crippen LogP contribution is -2.71. The van der Waals surface area contributed by atoms with Gasteiger partial charge in [-0.1, -0.05) is 16.9 Å². The highest BCUT2D eigenvalue weighted by Crippen LogP contribution is 2.43. The molecule has 0 aliphatic carbocycles. The van der Waals surface area contributed by atoms with E-state index in [1.165, 1.54) is 47.8 Å². The number of carboxylic acid groups (broad SMARTS) is 1. The third-order valence-electron chi connectivity index (χ3n) is 5.18. The molecule has 2 aliphatic heterocycles. The first-order chi connectivity index (χ1) is 18.7. The van der Waals surface area contributed by atoms with Crippen molar-refractivity contribution in [2.24, 2.45) is 10.9 Å². The predicted molar refractivity (Wildman–Crippen MR) is 150 cm³/mol. The van der Waals surface area contributed by atoms with Crippen LogP contribution in [-0.2, 0) is 19.2 Å². The first-order valence-electron chi connectivity index (χ1n) is 10.7. The van der Waals surface area contributed by atoms with Gasteiger partial charge in [0.25, 0.3) is 11.8 Å². The molecule has 0 radical (unpaired) electrons. The van der Waals surface area contributed by atoms with Gasteiger partial charge in [0.15, 0.2) is 10.8 Å². The molecule has 0 spiro atoms. The number of aromatic nitrogens is 2. The summed E-state index contributed by atoms with van der Waals surface area (Å²) in [6, 6.07) is 1.13. The molecule has 14 nitrogen and oxygen atoms in total. The number of hydrogen-bond donors (Lipinski definition) is 5. The average Bonchev–Trinajstić information content (AvgIpc) is 3.52. The molecule has 2 atom stereocenters. The zero-order valence-corrected chi connectivity index (χ0v) is 23.9. The zero-order chi connectivity index (χ0) is 28.3. The molecule has 0 aromatic carbocycles. The third kappa shape index (κ3) is 5.99. The van der Waals surface area contributed by atoms with Gasteiger partial charge in [-0.25, -0.2) is 9.78 Å². The van der Waals surface area contributed by atoms with Gasteiger partial charge in [-0.05, 0) is 17.1 Å². The van der Waals surface area contributed by atoms with E-state index in [-0.39, 0.29) is 39.6 Å². The SMILES string of the molecule is CON=C(C(=O)N[C@@H]1C(=O)N2C(C(=O)O)=C(CSc3snc(SCC(=N)N)c3C#N)CS[C@@H]12)c1csc(N)n1. The first kappa shape index (κ1) is 28.7. The molecule has 2 amide bonds. The first-order valence-corrected chi connectivity index (χ1v) is 15.3. The average molecular weight is 626 g/mol. The molecule has 2 aromatic rings. The maximum atomic E-state index is 13.0. The molecule has 7 N–H and O–H groups in total. The number of aliphatic carboxylic acids is 1. The van der Waals surface area contributed by atoms with E-state index < -0.39 is 29.2 Å². The summed E-state index contributed by atoms with van der Waals surface area (Å²) in [5.74, 6) is -1.89. The number of nitrogens with one attached hydrogen (secondary N) is 2. The largest absolute Gasteiger partial charge is 0.477 e. The number of amides is 2. The van der Waals surface area contributed by atoms with Gasteiger partial charge in [0.05, 0.1) is 9.96 Å². The Morgan fingerprint density at radius 1 is 1.46 bits per heavy atom. The van der Waals surface area contributed by atoms with Gasteiger partial charge < -0.3 is 26.7 Å². The third-order valence-corrected chi connectivity index (χ3v) is 10.5. The molecule has 4 rings (SSSR count). The van der Waals surface area contributed by atoms with Crippen molar-refractivity contribution in [3.63, 3.8) is 0 Å². The summed E-state index contributed by atoms with van der Waals surface area (Å²) in [6.45, 7) is 0. The quantitative estimate of drug-likeness (QED) is 0.0770. The van der Waals surface area contributed by atoms with E-state index in [1.807, 2.05) is 0 Å². The lowest BCUT2D eigenvalue weighted by atomic mass is 10.0. The van der Waals surface area contributed by atoms with E-state index in [9.17, 15) is 24.8 Å². The van der Waals surface area contributed by atoms with E-state index >= 15 is 0 Å². The van der Waals surface area contributed by atoms with Crippen molar-refractivity contribution in [3.05, 3.63) is 27.9 Å². The normalized spacial score (nSPS) is 18.7. The smallest absolute Gasteiger partial charge is 0.352 e. The van der Waals surface area contributed by atoms with Crippen molar-refractivity contribution in [2.75, 3.05) is 30.1 Å². The van der Waals surface area contributed by atoms with Crippen molar-refractivity contribution in [1.29, 1.82) is 10.7 Å². The Kier molecular flexibility index (Phi) is 9.01. The number of nitrogens with zero attached hydrogens (tertiary/aromatic N) is 5. The monoisotopic (exact) mass is 625 g/mol. The van der Waals surface area contributed by atoms with Crippen LogP contribution >= 0.6 is 58.2 Å². The van der Waals surface area contributed by atoms with Crippen LogP contribution in [0.25, 0.3) is 0 Å². The number of nitrogen functional groups attached to an aromatic ring is 1. The maximum absolute atomic E-state index is 13.0. The molecule has 0 bridgehead atoms. The minimum atomic E-state index is -1.27. The molecule has 4 heterocycles. The van der Waals surface area contributed by atoms with Crippen LogP contribution in [0.1, 0.15) is 11.3 Å². The van der Waals surface area contributed by atoms with Gasteiger partial charge in [-0.3, -0.25) is 19.9 Å². The molecule has 204 valence electrons. The Morgan fingerprint density at radius 2 is 2.23 bits per heavy atom. The highest BCUT2D eigenvalue weighted by Gasteiger charge is 2.54. The number of fused-ring (bicyclic) bond motifs is 1. The van der Waals surface area contributed by atoms with Crippen LogP contribution in [0.15, 0.2) is 31.0 Å². The molecule has 1 saturated heterocycles. The lowest BCUT2D eigenvalue weighted by Gasteiger charge is -2.49. The molecule has 39 heavy (non-hydrogen) atoms. The Labute approximate surface area is 241 Å². The van der Waals surface area contributed by atoms with Gasteiger partial charge in [0.1, 0.15) is 52.4 Å². The second-order valence-corrected chi connectivity index (χ2v) is 12.7. The number of nitriles is 1. The highest BCUT2D eigenvalue weighted by molar-refractivity contribution is 8.02. The molecule has 1 fully saturated rings. The second-order valence-electron chi connectivity index (χ2n) is 7.68. The number of rotatable bonds is 11. The number of anilines is 1.